The van der Waals surface area contributed by atoms with Crippen molar-refractivity contribution in [3.05, 3.63) is 95.3 Å². The number of phenols is 1. The fourth-order valence-corrected chi connectivity index (χ4v) is 11.9. The highest BCUT2D eigenvalue weighted by molar-refractivity contribution is 7.98. The van der Waals surface area contributed by atoms with Crippen LogP contribution in [-0.2, 0) is 62.4 Å². The number of aliphatic carboxylic acids is 1. The van der Waals surface area contributed by atoms with Gasteiger partial charge in [-0.2, -0.15) is 11.8 Å². The molecule has 500 valence electrons. The van der Waals surface area contributed by atoms with Gasteiger partial charge < -0.3 is 65.1 Å². The highest BCUT2D eigenvalue weighted by atomic mass is 32.2. The SMILES string of the molecule is C=Cc1c(C[C@H](CC(=O)[C@H](CCSC)NC(=O)[C@@H](CC(=O)[C@@H](NC(=O)[C@@H](CC(=O)[C@H](Cc2ccccc2)NC(=O)C(CN)(CCCN)CCCN)Cc2ccc(O)cc2)C(C)C)C(C)C)C(=O)N[C@@H](CCCCN)C(=O)C[C@H](CCCCN)C(=O)O)c[nH]c1C. The number of thioether (sulfide) groups is 1. The van der Waals surface area contributed by atoms with Gasteiger partial charge in [-0.3, -0.25) is 43.2 Å². The van der Waals surface area contributed by atoms with Crippen molar-refractivity contribution in [2.75, 3.05) is 44.7 Å². The number of aryl methyl sites for hydroxylation is 1. The topological polar surface area (TPSA) is 388 Å². The van der Waals surface area contributed by atoms with Crippen LogP contribution in [-0.4, -0.2) is 137 Å². The Bertz CT molecular complexity index is 2750. The van der Waals surface area contributed by atoms with Crippen LogP contribution in [0.1, 0.15) is 152 Å². The summed E-state index contributed by atoms with van der Waals surface area (Å²) >= 11 is 1.45. The monoisotopic (exact) mass is 1270 g/mol. The number of aromatic hydroxyl groups is 1. The predicted octanol–water partition coefficient (Wildman–Crippen LogP) is 5.77. The number of carboxylic acids is 1. The molecule has 90 heavy (non-hydrogen) atoms. The van der Waals surface area contributed by atoms with Gasteiger partial charge in [0.15, 0.2) is 23.1 Å². The molecule has 0 aliphatic carbocycles. The summed E-state index contributed by atoms with van der Waals surface area (Å²) in [5.74, 6) is -9.78. The number of hydrogen-bond acceptors (Lipinski definition) is 16. The number of ketones is 4. The molecule has 2 aromatic carbocycles. The van der Waals surface area contributed by atoms with E-state index in [0.29, 0.717) is 94.4 Å². The lowest BCUT2D eigenvalue weighted by atomic mass is 9.77. The summed E-state index contributed by atoms with van der Waals surface area (Å²) in [6.07, 6.45) is 8.54. The lowest BCUT2D eigenvalue weighted by molar-refractivity contribution is -0.144. The smallest absolute Gasteiger partial charge is 0.306 e. The number of phenolic OH excluding ortho intramolecular Hbond substituents is 1. The predicted molar refractivity (Wildman–Crippen MR) is 356 cm³/mol. The number of aromatic amines is 1. The van der Waals surface area contributed by atoms with E-state index in [4.69, 9.17) is 28.7 Å². The third-order valence-electron chi connectivity index (χ3n) is 17.2. The normalized spacial score (nSPS) is 14.3. The Morgan fingerprint density at radius 2 is 1.11 bits per heavy atom. The van der Waals surface area contributed by atoms with Crippen molar-refractivity contribution in [2.24, 2.45) is 69.6 Å². The minimum absolute atomic E-state index is 0.00622. The maximum absolute atomic E-state index is 14.8. The van der Waals surface area contributed by atoms with Gasteiger partial charge in [0, 0.05) is 61.9 Å². The Morgan fingerprint density at radius 3 is 1.64 bits per heavy atom. The number of H-pyrrole nitrogens is 1. The molecule has 0 saturated heterocycles. The second-order valence-electron chi connectivity index (χ2n) is 24.8. The maximum Gasteiger partial charge on any atom is 0.306 e. The Morgan fingerprint density at radius 1 is 0.589 bits per heavy atom. The van der Waals surface area contributed by atoms with E-state index in [1.165, 1.54) is 23.9 Å². The molecule has 1 aromatic heterocycles. The van der Waals surface area contributed by atoms with Crippen molar-refractivity contribution in [1.29, 1.82) is 0 Å². The fraction of sp³-hybridized carbons (Fsp3) is 0.603. The first-order chi connectivity index (χ1) is 42.9. The van der Waals surface area contributed by atoms with E-state index in [1.54, 1.807) is 52.1 Å². The number of aromatic nitrogens is 1. The quantitative estimate of drug-likeness (QED) is 0.0298. The number of amides is 4. The van der Waals surface area contributed by atoms with Gasteiger partial charge in [0.1, 0.15) is 5.75 Å². The lowest BCUT2D eigenvalue weighted by Crippen LogP contribution is -2.53. The van der Waals surface area contributed by atoms with Gasteiger partial charge in [-0.15, -0.1) is 0 Å². The zero-order valence-corrected chi connectivity index (χ0v) is 55.0. The molecule has 3 rings (SSSR count). The van der Waals surface area contributed by atoms with Crippen molar-refractivity contribution in [2.45, 2.75) is 174 Å². The Kier molecular flexibility index (Phi) is 35.4. The molecule has 17 N–H and O–H groups in total. The molecule has 0 bridgehead atoms. The van der Waals surface area contributed by atoms with E-state index < -0.39 is 118 Å². The first-order valence-corrected chi connectivity index (χ1v) is 33.5. The lowest BCUT2D eigenvalue weighted by Gasteiger charge is -2.33. The van der Waals surface area contributed by atoms with Gasteiger partial charge in [0.2, 0.25) is 23.6 Å². The van der Waals surface area contributed by atoms with Crippen LogP contribution in [0.2, 0.25) is 0 Å². The first kappa shape index (κ1) is 77.7. The van der Waals surface area contributed by atoms with Crippen LogP contribution in [0, 0.1) is 47.8 Å². The fourth-order valence-electron chi connectivity index (χ4n) is 11.5. The average molecular weight is 1270 g/mol. The Balaban J connectivity index is 1.99. The third kappa shape index (κ3) is 25.6. The average Bonchev–Trinajstić information content (AvgIpc) is 2.05. The van der Waals surface area contributed by atoms with Gasteiger partial charge in [0.05, 0.1) is 35.5 Å². The number of benzene rings is 2. The minimum Gasteiger partial charge on any atom is -0.508 e. The van der Waals surface area contributed by atoms with E-state index in [-0.39, 0.29) is 76.5 Å². The molecular weight excluding hydrogens is 1160 g/mol. The molecule has 0 unspecified atom stereocenters. The van der Waals surface area contributed by atoms with E-state index >= 15 is 0 Å². The zero-order chi connectivity index (χ0) is 66.9. The van der Waals surface area contributed by atoms with Crippen molar-refractivity contribution in [3.8, 4) is 5.75 Å². The summed E-state index contributed by atoms with van der Waals surface area (Å²) in [5, 5.41) is 32.0. The van der Waals surface area contributed by atoms with Crippen LogP contribution in [0.25, 0.3) is 6.08 Å². The number of carboxylic acid groups (broad SMARTS) is 1. The summed E-state index contributed by atoms with van der Waals surface area (Å²) in [5.41, 5.74) is 32.1. The molecule has 3 aromatic rings. The molecule has 22 heteroatoms. The second kappa shape index (κ2) is 41.0. The molecular formula is C68H106N10O11S. The highest BCUT2D eigenvalue weighted by Gasteiger charge is 2.40. The van der Waals surface area contributed by atoms with Crippen LogP contribution in [0.3, 0.4) is 0 Å². The van der Waals surface area contributed by atoms with Crippen LogP contribution in [0.15, 0.2) is 67.4 Å². The number of rotatable bonds is 48. The summed E-state index contributed by atoms with van der Waals surface area (Å²) in [7, 11) is 0. The Hall–Kier alpha value is -6.56. The number of unbranched alkanes of at least 4 members (excludes halogenated alkanes) is 2. The largest absolute Gasteiger partial charge is 0.508 e. The molecule has 0 fully saturated rings. The number of carbonyl (C=O) groups is 9. The number of hydrogen-bond donors (Lipinski definition) is 12. The summed E-state index contributed by atoms with van der Waals surface area (Å²) in [4.78, 5) is 132. The van der Waals surface area contributed by atoms with Gasteiger partial charge in [-0.25, -0.2) is 0 Å². The number of nitrogens with one attached hydrogen (secondary N) is 5. The number of Topliss-reactive ketones (excluding diaryl/α,β-unsaturated/α-hetero) is 4. The van der Waals surface area contributed by atoms with Gasteiger partial charge in [-0.1, -0.05) is 89.2 Å². The van der Waals surface area contributed by atoms with Crippen LogP contribution in [0.4, 0.5) is 0 Å². The maximum atomic E-state index is 14.8. The van der Waals surface area contributed by atoms with Crippen molar-refractivity contribution < 1.29 is 53.4 Å². The summed E-state index contributed by atoms with van der Waals surface area (Å²) < 4.78 is 0. The molecule has 21 nitrogen and oxygen atoms in total. The van der Waals surface area contributed by atoms with Crippen LogP contribution < -0.4 is 49.9 Å². The minimum atomic E-state index is -1.14. The van der Waals surface area contributed by atoms with E-state index in [9.17, 15) is 53.4 Å². The van der Waals surface area contributed by atoms with Crippen molar-refractivity contribution >= 4 is 70.6 Å². The van der Waals surface area contributed by atoms with E-state index in [1.807, 2.05) is 43.5 Å². The molecule has 0 saturated carbocycles. The molecule has 0 aliphatic rings. The number of carbonyl (C=O) groups excluding carboxylic acids is 8. The van der Waals surface area contributed by atoms with Gasteiger partial charge in [-0.05, 0) is 175 Å². The summed E-state index contributed by atoms with van der Waals surface area (Å²) in [6.45, 7) is 14.2. The Labute approximate surface area is 537 Å². The number of nitrogens with two attached hydrogens (primary N) is 5. The standard InChI is InChI=1S/C68H106N10O11S/c1-8-53-45(6)74-41-51(53)36-50(63(84)75-55(21-13-15-30-70)58(80)37-48(66(87)88)20-12-14-29-69)39-59(81)56(26-33-90-7)76-65(86)54(43(2)3)40-61(83)62(44(4)5)78-64(85)49(34-47-22-24-52(79)25-23-47)38-60(82)57(35-46-18-10-9-11-19-46)77-67(89)68(42-73,27-16-31-71)28-17-32-72/h8-11,18-19,22-25,41,43-44,48-50,54-57,62,74,79H,1,12-17,20-21,26-40,42,69-73H2,2-7H3,(H,75,84)(H,76,86)(H,77,89)(H,78,85)(H,87,88)/t48-,49+,50+,54-,55-,56-,57-,62-/m0/s1. The van der Waals surface area contributed by atoms with Crippen molar-refractivity contribution in [1.82, 2.24) is 26.3 Å². The zero-order valence-electron chi connectivity index (χ0n) is 54.2. The third-order valence-corrected chi connectivity index (χ3v) is 17.8. The molecule has 0 aliphatic heterocycles. The molecule has 0 radical (unpaired) electrons. The van der Waals surface area contributed by atoms with Crippen molar-refractivity contribution in [3.63, 3.8) is 0 Å². The van der Waals surface area contributed by atoms with Gasteiger partial charge >= 0.3 is 5.97 Å². The second-order valence-corrected chi connectivity index (χ2v) is 25.8. The van der Waals surface area contributed by atoms with Gasteiger partial charge in [0.25, 0.3) is 0 Å². The molecule has 0 spiro atoms. The van der Waals surface area contributed by atoms with E-state index in [2.05, 4.69) is 32.8 Å². The van der Waals surface area contributed by atoms with Crippen LogP contribution in [0.5, 0.6) is 5.75 Å². The highest BCUT2D eigenvalue weighted by Crippen LogP contribution is 2.31. The molecule has 8 atom stereocenters. The van der Waals surface area contributed by atoms with Crippen LogP contribution >= 0.6 is 11.8 Å². The molecule has 1 heterocycles. The van der Waals surface area contributed by atoms with E-state index in [0.717, 1.165) is 16.8 Å². The molecule has 4 amide bonds. The first-order valence-electron chi connectivity index (χ1n) is 32.1. The summed E-state index contributed by atoms with van der Waals surface area (Å²) in [6, 6.07) is 11.0.